The summed E-state index contributed by atoms with van der Waals surface area (Å²) in [5.41, 5.74) is 7.03. The van der Waals surface area contributed by atoms with Gasteiger partial charge in [0, 0.05) is 19.3 Å². The van der Waals surface area contributed by atoms with Crippen LogP contribution < -0.4 is 10.6 Å². The fourth-order valence-corrected chi connectivity index (χ4v) is 2.69. The van der Waals surface area contributed by atoms with Crippen LogP contribution in [0.4, 0.5) is 11.4 Å². The van der Waals surface area contributed by atoms with E-state index in [9.17, 15) is 5.11 Å². The molecule has 1 aliphatic rings. The SMILES string of the molecule is CN(CC1(O)CCCC1)c1ccc(N)cc1C#N. The molecule has 0 atom stereocenters. The lowest BCUT2D eigenvalue weighted by Crippen LogP contribution is -2.39. The van der Waals surface area contributed by atoms with Gasteiger partial charge in [0.2, 0.25) is 0 Å². The summed E-state index contributed by atoms with van der Waals surface area (Å²) in [6.07, 6.45) is 3.84. The predicted octanol–water partition coefficient (Wildman–Crippen LogP) is 1.88. The summed E-state index contributed by atoms with van der Waals surface area (Å²) in [6, 6.07) is 7.45. The van der Waals surface area contributed by atoms with Gasteiger partial charge in [0.15, 0.2) is 0 Å². The fourth-order valence-electron chi connectivity index (χ4n) is 2.69. The minimum atomic E-state index is -0.608. The van der Waals surface area contributed by atoms with Crippen LogP contribution in [0, 0.1) is 11.3 Å². The summed E-state index contributed by atoms with van der Waals surface area (Å²) in [6.45, 7) is 0.561. The molecule has 0 saturated heterocycles. The van der Waals surface area contributed by atoms with Crippen molar-refractivity contribution in [3.63, 3.8) is 0 Å². The summed E-state index contributed by atoms with van der Waals surface area (Å²) in [4.78, 5) is 1.95. The Morgan fingerprint density at radius 2 is 2.11 bits per heavy atom. The molecule has 1 saturated carbocycles. The monoisotopic (exact) mass is 245 g/mol. The Kier molecular flexibility index (Phi) is 3.44. The first-order valence-corrected chi connectivity index (χ1v) is 6.27. The standard InChI is InChI=1S/C14H19N3O/c1-17(10-14(18)6-2-3-7-14)13-5-4-12(16)8-11(13)9-15/h4-5,8,18H,2-3,6-7,10,16H2,1H3. The highest BCUT2D eigenvalue weighted by Crippen LogP contribution is 2.32. The average Bonchev–Trinajstić information content (AvgIpc) is 2.75. The molecule has 1 aliphatic carbocycles. The number of nitrogen functional groups attached to an aromatic ring is 1. The fraction of sp³-hybridized carbons (Fsp3) is 0.500. The maximum atomic E-state index is 10.4. The van der Waals surface area contributed by atoms with Crippen molar-refractivity contribution in [2.45, 2.75) is 31.3 Å². The van der Waals surface area contributed by atoms with Crippen LogP contribution >= 0.6 is 0 Å². The highest BCUT2D eigenvalue weighted by Gasteiger charge is 2.32. The van der Waals surface area contributed by atoms with E-state index in [0.29, 0.717) is 17.8 Å². The van der Waals surface area contributed by atoms with Crippen molar-refractivity contribution in [2.24, 2.45) is 0 Å². The Labute approximate surface area is 108 Å². The van der Waals surface area contributed by atoms with E-state index >= 15 is 0 Å². The molecule has 0 radical (unpaired) electrons. The number of hydrogen-bond donors (Lipinski definition) is 2. The van der Waals surface area contributed by atoms with Crippen LogP contribution in [-0.4, -0.2) is 24.3 Å². The van der Waals surface area contributed by atoms with Crippen LogP contribution in [-0.2, 0) is 0 Å². The number of nitrogens with zero attached hydrogens (tertiary/aromatic N) is 2. The average molecular weight is 245 g/mol. The number of rotatable bonds is 3. The van der Waals surface area contributed by atoms with Gasteiger partial charge in [0.1, 0.15) is 6.07 Å². The van der Waals surface area contributed by atoms with E-state index in [1.165, 1.54) is 0 Å². The van der Waals surface area contributed by atoms with E-state index in [0.717, 1.165) is 31.4 Å². The summed E-state index contributed by atoms with van der Waals surface area (Å²) in [5, 5.41) is 19.5. The van der Waals surface area contributed by atoms with Gasteiger partial charge in [-0.2, -0.15) is 5.26 Å². The normalized spacial score (nSPS) is 17.4. The highest BCUT2D eigenvalue weighted by atomic mass is 16.3. The van der Waals surface area contributed by atoms with E-state index in [-0.39, 0.29) is 0 Å². The van der Waals surface area contributed by atoms with Crippen molar-refractivity contribution in [1.29, 1.82) is 5.26 Å². The van der Waals surface area contributed by atoms with Gasteiger partial charge in [0.25, 0.3) is 0 Å². The molecule has 1 aromatic carbocycles. The predicted molar refractivity (Wildman–Crippen MR) is 72.3 cm³/mol. The second kappa shape index (κ2) is 4.87. The van der Waals surface area contributed by atoms with Crippen molar-refractivity contribution >= 4 is 11.4 Å². The molecule has 0 amide bonds. The molecule has 4 heteroatoms. The van der Waals surface area contributed by atoms with Crippen molar-refractivity contribution in [3.05, 3.63) is 23.8 Å². The van der Waals surface area contributed by atoms with Gasteiger partial charge in [-0.15, -0.1) is 0 Å². The Hall–Kier alpha value is -1.73. The Bertz CT molecular complexity index is 472. The van der Waals surface area contributed by atoms with E-state index in [1.807, 2.05) is 18.0 Å². The van der Waals surface area contributed by atoms with Crippen LogP contribution in [0.3, 0.4) is 0 Å². The van der Waals surface area contributed by atoms with Gasteiger partial charge < -0.3 is 15.7 Å². The number of aliphatic hydroxyl groups is 1. The number of nitriles is 1. The lowest BCUT2D eigenvalue weighted by molar-refractivity contribution is 0.0559. The van der Waals surface area contributed by atoms with Crippen molar-refractivity contribution in [1.82, 2.24) is 0 Å². The maximum Gasteiger partial charge on any atom is 0.101 e. The summed E-state index contributed by atoms with van der Waals surface area (Å²) in [7, 11) is 1.91. The van der Waals surface area contributed by atoms with Gasteiger partial charge in [-0.05, 0) is 31.0 Å². The Morgan fingerprint density at radius 3 is 2.72 bits per heavy atom. The molecular formula is C14H19N3O. The molecule has 2 rings (SSSR count). The summed E-state index contributed by atoms with van der Waals surface area (Å²) >= 11 is 0. The molecule has 0 aromatic heterocycles. The van der Waals surface area contributed by atoms with Gasteiger partial charge in [-0.1, -0.05) is 12.8 Å². The first kappa shape index (κ1) is 12.7. The number of hydrogen-bond acceptors (Lipinski definition) is 4. The largest absolute Gasteiger partial charge is 0.399 e. The van der Waals surface area contributed by atoms with E-state index in [1.54, 1.807) is 12.1 Å². The molecule has 0 aliphatic heterocycles. The molecule has 1 aromatic rings. The van der Waals surface area contributed by atoms with E-state index in [2.05, 4.69) is 6.07 Å². The third-order valence-electron chi connectivity index (χ3n) is 3.62. The van der Waals surface area contributed by atoms with E-state index < -0.39 is 5.60 Å². The first-order valence-electron chi connectivity index (χ1n) is 6.27. The van der Waals surface area contributed by atoms with Gasteiger partial charge in [-0.25, -0.2) is 0 Å². The maximum absolute atomic E-state index is 10.4. The van der Waals surface area contributed by atoms with E-state index in [4.69, 9.17) is 11.0 Å². The van der Waals surface area contributed by atoms with Crippen molar-refractivity contribution in [2.75, 3.05) is 24.2 Å². The zero-order valence-electron chi connectivity index (χ0n) is 10.7. The molecule has 0 heterocycles. The number of likely N-dealkylation sites (N-methyl/N-ethyl adjacent to an activating group) is 1. The van der Waals surface area contributed by atoms with Crippen LogP contribution in [0.15, 0.2) is 18.2 Å². The molecule has 0 spiro atoms. The number of benzene rings is 1. The Morgan fingerprint density at radius 1 is 1.44 bits per heavy atom. The van der Waals surface area contributed by atoms with Crippen LogP contribution in [0.25, 0.3) is 0 Å². The van der Waals surface area contributed by atoms with Crippen LogP contribution in [0.5, 0.6) is 0 Å². The zero-order valence-corrected chi connectivity index (χ0v) is 10.7. The summed E-state index contributed by atoms with van der Waals surface area (Å²) in [5.74, 6) is 0. The highest BCUT2D eigenvalue weighted by molar-refractivity contribution is 5.64. The molecule has 0 bridgehead atoms. The van der Waals surface area contributed by atoms with Gasteiger partial charge >= 0.3 is 0 Å². The minimum Gasteiger partial charge on any atom is -0.399 e. The quantitative estimate of drug-likeness (QED) is 0.797. The molecule has 0 unspecified atom stereocenters. The molecule has 1 fully saturated rings. The number of nitrogens with two attached hydrogens (primary N) is 1. The lowest BCUT2D eigenvalue weighted by Gasteiger charge is -2.30. The first-order chi connectivity index (χ1) is 8.54. The molecular weight excluding hydrogens is 226 g/mol. The Balaban J connectivity index is 2.18. The lowest BCUT2D eigenvalue weighted by atomic mass is 10.0. The van der Waals surface area contributed by atoms with Crippen LogP contribution in [0.1, 0.15) is 31.2 Å². The third kappa shape index (κ3) is 2.57. The second-order valence-electron chi connectivity index (χ2n) is 5.18. The smallest absolute Gasteiger partial charge is 0.101 e. The zero-order chi connectivity index (χ0) is 13.2. The second-order valence-corrected chi connectivity index (χ2v) is 5.18. The van der Waals surface area contributed by atoms with Gasteiger partial charge in [-0.3, -0.25) is 0 Å². The molecule has 4 nitrogen and oxygen atoms in total. The molecule has 18 heavy (non-hydrogen) atoms. The van der Waals surface area contributed by atoms with Crippen molar-refractivity contribution < 1.29 is 5.11 Å². The van der Waals surface area contributed by atoms with Crippen molar-refractivity contribution in [3.8, 4) is 6.07 Å². The number of anilines is 2. The summed E-state index contributed by atoms with van der Waals surface area (Å²) < 4.78 is 0. The van der Waals surface area contributed by atoms with Crippen LogP contribution in [0.2, 0.25) is 0 Å². The molecule has 3 N–H and O–H groups in total. The third-order valence-corrected chi connectivity index (χ3v) is 3.62. The van der Waals surface area contributed by atoms with Gasteiger partial charge in [0.05, 0.1) is 16.9 Å². The molecule has 96 valence electrons. The topological polar surface area (TPSA) is 73.3 Å². The minimum absolute atomic E-state index is 0.555.